The summed E-state index contributed by atoms with van der Waals surface area (Å²) >= 11 is 0. The highest BCUT2D eigenvalue weighted by molar-refractivity contribution is 5.87. The lowest BCUT2D eigenvalue weighted by Gasteiger charge is -2.21. The highest BCUT2D eigenvalue weighted by atomic mass is 16.4. The minimum Gasteiger partial charge on any atom is -0.480 e. The van der Waals surface area contributed by atoms with Gasteiger partial charge in [-0.1, -0.05) is 18.2 Å². The van der Waals surface area contributed by atoms with Crippen LogP contribution in [0.1, 0.15) is 11.3 Å². The molecule has 2 heterocycles. The third kappa shape index (κ3) is 1.45. The Morgan fingerprint density at radius 1 is 1.47 bits per heavy atom. The smallest absolute Gasteiger partial charge is 0.321 e. The minimum absolute atomic E-state index is 0.465. The van der Waals surface area contributed by atoms with Gasteiger partial charge in [-0.05, 0) is 11.6 Å². The molecule has 88 valence electrons. The van der Waals surface area contributed by atoms with Gasteiger partial charge in [-0.25, -0.2) is 0 Å². The van der Waals surface area contributed by atoms with Crippen LogP contribution < -0.4 is 5.32 Å². The van der Waals surface area contributed by atoms with Crippen LogP contribution in [0.25, 0.3) is 10.9 Å². The first-order valence-electron chi connectivity index (χ1n) is 5.70. The zero-order valence-electron chi connectivity index (χ0n) is 9.60. The highest BCUT2D eigenvalue weighted by Crippen LogP contribution is 2.28. The Morgan fingerprint density at radius 3 is 3.00 bits per heavy atom. The van der Waals surface area contributed by atoms with E-state index in [2.05, 4.69) is 22.0 Å². The molecule has 1 aliphatic rings. The Bertz CT molecular complexity index is 601. The van der Waals surface area contributed by atoms with Crippen molar-refractivity contribution in [3.05, 3.63) is 35.5 Å². The van der Waals surface area contributed by atoms with Gasteiger partial charge in [-0.2, -0.15) is 0 Å². The van der Waals surface area contributed by atoms with Crippen molar-refractivity contribution in [3.8, 4) is 0 Å². The number of carboxylic acid groups (broad SMARTS) is 1. The fraction of sp³-hybridized carbons (Fsp3) is 0.308. The van der Waals surface area contributed by atoms with E-state index in [9.17, 15) is 4.79 Å². The van der Waals surface area contributed by atoms with Crippen LogP contribution in [-0.2, 0) is 24.8 Å². The van der Waals surface area contributed by atoms with Crippen LogP contribution in [0.3, 0.4) is 0 Å². The number of aliphatic carboxylic acids is 1. The largest absolute Gasteiger partial charge is 0.480 e. The molecule has 0 saturated carbocycles. The molecule has 1 atom stereocenters. The van der Waals surface area contributed by atoms with Gasteiger partial charge in [0.05, 0.1) is 0 Å². The van der Waals surface area contributed by atoms with Crippen molar-refractivity contribution in [2.75, 3.05) is 0 Å². The van der Waals surface area contributed by atoms with E-state index < -0.39 is 12.0 Å². The first kappa shape index (κ1) is 10.4. The molecule has 0 amide bonds. The van der Waals surface area contributed by atoms with Crippen LogP contribution >= 0.6 is 0 Å². The van der Waals surface area contributed by atoms with Crippen molar-refractivity contribution < 1.29 is 9.90 Å². The number of carboxylic acids is 1. The van der Waals surface area contributed by atoms with E-state index in [1.165, 1.54) is 22.2 Å². The molecule has 4 nitrogen and oxygen atoms in total. The van der Waals surface area contributed by atoms with E-state index >= 15 is 0 Å². The number of aryl methyl sites for hydroxylation is 1. The molecule has 1 aromatic carbocycles. The SMILES string of the molecule is Cn1c2c(c3ccccc31)C[C@@H](C(=O)O)NC2. The molecule has 2 aromatic rings. The van der Waals surface area contributed by atoms with Crippen LogP contribution in [0.15, 0.2) is 24.3 Å². The first-order chi connectivity index (χ1) is 8.18. The molecule has 0 unspecified atom stereocenters. The van der Waals surface area contributed by atoms with Gasteiger partial charge in [0.1, 0.15) is 6.04 Å². The predicted molar refractivity (Wildman–Crippen MR) is 64.9 cm³/mol. The molecule has 3 rings (SSSR count). The molecule has 0 saturated heterocycles. The van der Waals surface area contributed by atoms with Crippen LogP contribution in [0.4, 0.5) is 0 Å². The summed E-state index contributed by atoms with van der Waals surface area (Å²) in [5, 5.41) is 13.3. The van der Waals surface area contributed by atoms with Crippen molar-refractivity contribution >= 4 is 16.9 Å². The van der Waals surface area contributed by atoms with Crippen LogP contribution in [0.5, 0.6) is 0 Å². The molecule has 0 spiro atoms. The topological polar surface area (TPSA) is 54.3 Å². The Kier molecular flexibility index (Phi) is 2.19. The Labute approximate surface area is 98.9 Å². The summed E-state index contributed by atoms with van der Waals surface area (Å²) in [7, 11) is 2.03. The summed E-state index contributed by atoms with van der Waals surface area (Å²) in [6.45, 7) is 0.622. The van der Waals surface area contributed by atoms with Crippen LogP contribution in [-0.4, -0.2) is 21.7 Å². The van der Waals surface area contributed by atoms with E-state index in [4.69, 9.17) is 5.11 Å². The van der Waals surface area contributed by atoms with Gasteiger partial charge in [0.25, 0.3) is 0 Å². The standard InChI is InChI=1S/C13H14N2O2/c1-15-11-5-3-2-4-8(11)9-6-10(13(16)17)14-7-12(9)15/h2-5,10,14H,6-7H2,1H3,(H,16,17)/t10-/m0/s1. The monoisotopic (exact) mass is 230 g/mol. The van der Waals surface area contributed by atoms with E-state index in [0.717, 1.165) is 0 Å². The lowest BCUT2D eigenvalue weighted by molar-refractivity contribution is -0.139. The van der Waals surface area contributed by atoms with Crippen molar-refractivity contribution in [3.63, 3.8) is 0 Å². The Balaban J connectivity index is 2.18. The highest BCUT2D eigenvalue weighted by Gasteiger charge is 2.27. The molecule has 0 fully saturated rings. The molecular formula is C13H14N2O2. The zero-order chi connectivity index (χ0) is 12.0. The van der Waals surface area contributed by atoms with Gasteiger partial charge in [0.2, 0.25) is 0 Å². The summed E-state index contributed by atoms with van der Waals surface area (Å²) in [4.78, 5) is 11.0. The summed E-state index contributed by atoms with van der Waals surface area (Å²) in [5.41, 5.74) is 3.54. The van der Waals surface area contributed by atoms with Crippen molar-refractivity contribution in [1.82, 2.24) is 9.88 Å². The fourth-order valence-electron chi connectivity index (χ4n) is 2.65. The quantitative estimate of drug-likeness (QED) is 0.776. The molecule has 0 radical (unpaired) electrons. The number of benzene rings is 1. The number of aromatic nitrogens is 1. The Morgan fingerprint density at radius 2 is 2.24 bits per heavy atom. The lowest BCUT2D eigenvalue weighted by Crippen LogP contribution is -2.41. The van der Waals surface area contributed by atoms with Gasteiger partial charge in [0.15, 0.2) is 0 Å². The third-order valence-corrected chi connectivity index (χ3v) is 3.57. The maximum absolute atomic E-state index is 11.0. The van der Waals surface area contributed by atoms with Crippen molar-refractivity contribution in [2.24, 2.45) is 7.05 Å². The number of hydrogen-bond donors (Lipinski definition) is 2. The molecule has 1 aromatic heterocycles. The number of hydrogen-bond acceptors (Lipinski definition) is 2. The zero-order valence-corrected chi connectivity index (χ0v) is 9.60. The van der Waals surface area contributed by atoms with Crippen LogP contribution in [0, 0.1) is 0 Å². The number of carbonyl (C=O) groups is 1. The number of nitrogens with one attached hydrogen (secondary N) is 1. The van der Waals surface area contributed by atoms with Gasteiger partial charge in [0, 0.05) is 36.6 Å². The summed E-state index contributed by atoms with van der Waals surface area (Å²) in [6, 6.07) is 7.69. The second-order valence-electron chi connectivity index (χ2n) is 4.48. The lowest BCUT2D eigenvalue weighted by atomic mass is 9.99. The third-order valence-electron chi connectivity index (χ3n) is 3.57. The first-order valence-corrected chi connectivity index (χ1v) is 5.70. The molecular weight excluding hydrogens is 216 g/mol. The fourth-order valence-corrected chi connectivity index (χ4v) is 2.65. The molecule has 17 heavy (non-hydrogen) atoms. The molecule has 0 bridgehead atoms. The second kappa shape index (κ2) is 3.60. The predicted octanol–water partition coefficient (Wildman–Crippen LogP) is 1.28. The summed E-state index contributed by atoms with van der Waals surface area (Å²) < 4.78 is 2.15. The van der Waals surface area contributed by atoms with E-state index in [1.54, 1.807) is 0 Å². The van der Waals surface area contributed by atoms with Gasteiger partial charge >= 0.3 is 5.97 Å². The van der Waals surface area contributed by atoms with Crippen molar-refractivity contribution in [2.45, 2.75) is 19.0 Å². The van der Waals surface area contributed by atoms with Gasteiger partial charge < -0.3 is 9.67 Å². The second-order valence-corrected chi connectivity index (χ2v) is 4.48. The molecule has 0 aliphatic carbocycles. The Hall–Kier alpha value is -1.81. The normalized spacial score (nSPS) is 19.2. The number of rotatable bonds is 1. The van der Waals surface area contributed by atoms with Crippen molar-refractivity contribution in [1.29, 1.82) is 0 Å². The minimum atomic E-state index is -0.774. The van der Waals surface area contributed by atoms with E-state index in [1.807, 2.05) is 19.2 Å². The maximum atomic E-state index is 11.0. The molecule has 2 N–H and O–H groups in total. The average molecular weight is 230 g/mol. The molecule has 1 aliphatic heterocycles. The summed E-state index contributed by atoms with van der Waals surface area (Å²) in [6.07, 6.45) is 0.562. The van der Waals surface area contributed by atoms with Gasteiger partial charge in [-0.3, -0.25) is 10.1 Å². The van der Waals surface area contributed by atoms with E-state index in [-0.39, 0.29) is 0 Å². The van der Waals surface area contributed by atoms with Gasteiger partial charge in [-0.15, -0.1) is 0 Å². The number of para-hydroxylation sites is 1. The summed E-state index contributed by atoms with van der Waals surface area (Å²) in [5.74, 6) is -0.774. The molecule has 4 heteroatoms. The van der Waals surface area contributed by atoms with E-state index in [0.29, 0.717) is 13.0 Å². The average Bonchev–Trinajstić information content (AvgIpc) is 2.64. The number of fused-ring (bicyclic) bond motifs is 3. The maximum Gasteiger partial charge on any atom is 0.321 e. The van der Waals surface area contributed by atoms with Crippen LogP contribution in [0.2, 0.25) is 0 Å². The number of nitrogens with zero attached hydrogens (tertiary/aromatic N) is 1.